The number of allylic oxidation sites excluding steroid dienone is 1. The first-order chi connectivity index (χ1) is 7.13. The third kappa shape index (κ3) is 4.78. The van der Waals surface area contributed by atoms with E-state index in [1.54, 1.807) is 14.2 Å². The summed E-state index contributed by atoms with van der Waals surface area (Å²) in [4.78, 5) is 1.91. The molecule has 0 saturated heterocycles. The van der Waals surface area contributed by atoms with Gasteiger partial charge in [-0.05, 0) is 33.0 Å². The van der Waals surface area contributed by atoms with Gasteiger partial charge in [0.1, 0.15) is 0 Å². The number of unbranched alkanes of at least 4 members (excludes halogenated alkanes) is 3. The minimum Gasteiger partial charge on any atom is -0.337 e. The maximum atomic E-state index is 5.37. The molecule has 0 aliphatic carbocycles. The topological polar surface area (TPSA) is 21.7 Å². The number of nitrogens with zero attached hydrogens (tertiary/aromatic N) is 1. The maximum absolute atomic E-state index is 5.37. The molecule has 15 heavy (non-hydrogen) atoms. The second-order valence-corrected chi connectivity index (χ2v) is 3.83. The van der Waals surface area contributed by atoms with E-state index in [2.05, 4.69) is 13.0 Å². The summed E-state index contributed by atoms with van der Waals surface area (Å²) < 4.78 is 10.7. The lowest BCUT2D eigenvalue weighted by atomic mass is 10.2. The summed E-state index contributed by atoms with van der Waals surface area (Å²) in [5.74, 6) is -0.716. The van der Waals surface area contributed by atoms with Crippen LogP contribution in [0.4, 0.5) is 0 Å². The van der Waals surface area contributed by atoms with Gasteiger partial charge in [-0.3, -0.25) is 4.90 Å². The molecule has 0 aromatic rings. The number of likely N-dealkylation sites (N-methyl/N-ethyl adjacent to an activating group) is 1. The van der Waals surface area contributed by atoms with E-state index < -0.39 is 5.91 Å². The van der Waals surface area contributed by atoms with Crippen LogP contribution in [-0.2, 0) is 9.47 Å². The zero-order chi connectivity index (χ0) is 11.7. The summed E-state index contributed by atoms with van der Waals surface area (Å²) in [6.07, 6.45) is 8.94. The highest BCUT2D eigenvalue weighted by molar-refractivity contribution is 4.94. The standard InChI is InChI=1S/C12H25NO2/c1-6-7-8-9-10-11-12(14-4,15-5)13(2)3/h10-11H,6-9H2,1-5H3/b11-10+. The normalized spacial score (nSPS) is 12.9. The van der Waals surface area contributed by atoms with Gasteiger partial charge in [0, 0.05) is 14.2 Å². The summed E-state index contributed by atoms with van der Waals surface area (Å²) in [6.45, 7) is 2.21. The van der Waals surface area contributed by atoms with E-state index in [0.29, 0.717) is 0 Å². The third-order valence-electron chi connectivity index (χ3n) is 2.51. The quantitative estimate of drug-likeness (QED) is 0.353. The Morgan fingerprint density at radius 3 is 2.13 bits per heavy atom. The number of hydrogen-bond donors (Lipinski definition) is 0. The number of ether oxygens (including phenoxy) is 2. The van der Waals surface area contributed by atoms with E-state index in [9.17, 15) is 0 Å². The predicted octanol–water partition coefficient (Wildman–Crippen LogP) is 2.63. The first-order valence-electron chi connectivity index (χ1n) is 5.58. The second-order valence-electron chi connectivity index (χ2n) is 3.83. The highest BCUT2D eigenvalue weighted by atomic mass is 16.7. The van der Waals surface area contributed by atoms with Crippen molar-refractivity contribution in [3.05, 3.63) is 12.2 Å². The zero-order valence-electron chi connectivity index (χ0n) is 10.7. The van der Waals surface area contributed by atoms with E-state index in [-0.39, 0.29) is 0 Å². The van der Waals surface area contributed by atoms with Gasteiger partial charge in [0.15, 0.2) is 0 Å². The Morgan fingerprint density at radius 2 is 1.73 bits per heavy atom. The second kappa shape index (κ2) is 7.85. The van der Waals surface area contributed by atoms with Crippen molar-refractivity contribution in [1.82, 2.24) is 4.90 Å². The minimum atomic E-state index is -0.716. The molecule has 0 radical (unpaired) electrons. The van der Waals surface area contributed by atoms with Gasteiger partial charge in [-0.25, -0.2) is 0 Å². The fourth-order valence-corrected chi connectivity index (χ4v) is 1.48. The lowest BCUT2D eigenvalue weighted by molar-refractivity contribution is -0.247. The summed E-state index contributed by atoms with van der Waals surface area (Å²) in [5.41, 5.74) is 0. The molecule has 0 amide bonds. The van der Waals surface area contributed by atoms with Gasteiger partial charge in [-0.1, -0.05) is 25.8 Å². The highest BCUT2D eigenvalue weighted by Gasteiger charge is 2.28. The molecular weight excluding hydrogens is 190 g/mol. The van der Waals surface area contributed by atoms with Crippen LogP contribution < -0.4 is 0 Å². The summed E-state index contributed by atoms with van der Waals surface area (Å²) >= 11 is 0. The average Bonchev–Trinajstić information content (AvgIpc) is 2.23. The Bertz CT molecular complexity index is 174. The first-order valence-corrected chi connectivity index (χ1v) is 5.58. The Balaban J connectivity index is 4.15. The van der Waals surface area contributed by atoms with Gasteiger partial charge in [-0.2, -0.15) is 0 Å². The minimum absolute atomic E-state index is 0.716. The Kier molecular flexibility index (Phi) is 7.65. The zero-order valence-corrected chi connectivity index (χ0v) is 10.7. The van der Waals surface area contributed by atoms with Gasteiger partial charge in [0.05, 0.1) is 0 Å². The lowest BCUT2D eigenvalue weighted by Crippen LogP contribution is -2.45. The third-order valence-corrected chi connectivity index (χ3v) is 2.51. The van der Waals surface area contributed by atoms with Crippen LogP contribution in [0, 0.1) is 0 Å². The molecule has 0 atom stereocenters. The molecule has 0 aliphatic heterocycles. The van der Waals surface area contributed by atoms with Crippen LogP contribution in [0.3, 0.4) is 0 Å². The van der Waals surface area contributed by atoms with E-state index in [1.807, 2.05) is 25.1 Å². The van der Waals surface area contributed by atoms with Crippen LogP contribution in [0.25, 0.3) is 0 Å². The molecule has 0 bridgehead atoms. The maximum Gasteiger partial charge on any atom is 0.250 e. The molecular formula is C12H25NO2. The summed E-state index contributed by atoms with van der Waals surface area (Å²) in [6, 6.07) is 0. The van der Waals surface area contributed by atoms with Crippen molar-refractivity contribution in [2.24, 2.45) is 0 Å². The van der Waals surface area contributed by atoms with E-state index in [0.717, 1.165) is 6.42 Å². The molecule has 0 aromatic heterocycles. The van der Waals surface area contributed by atoms with Crippen molar-refractivity contribution in [1.29, 1.82) is 0 Å². The molecule has 3 nitrogen and oxygen atoms in total. The van der Waals surface area contributed by atoms with Gasteiger partial charge in [-0.15, -0.1) is 0 Å². The van der Waals surface area contributed by atoms with Crippen LogP contribution >= 0.6 is 0 Å². The smallest absolute Gasteiger partial charge is 0.250 e. The van der Waals surface area contributed by atoms with Gasteiger partial charge < -0.3 is 9.47 Å². The van der Waals surface area contributed by atoms with Crippen molar-refractivity contribution in [3.63, 3.8) is 0 Å². The fraction of sp³-hybridized carbons (Fsp3) is 0.833. The Hall–Kier alpha value is -0.380. The molecule has 0 aliphatic rings. The molecule has 0 fully saturated rings. The Morgan fingerprint density at radius 1 is 1.13 bits per heavy atom. The van der Waals surface area contributed by atoms with E-state index >= 15 is 0 Å². The van der Waals surface area contributed by atoms with Crippen molar-refractivity contribution >= 4 is 0 Å². The molecule has 90 valence electrons. The Labute approximate surface area is 94.1 Å². The van der Waals surface area contributed by atoms with Crippen LogP contribution in [0.2, 0.25) is 0 Å². The first kappa shape index (κ1) is 14.6. The molecule has 0 unspecified atom stereocenters. The molecule has 0 saturated carbocycles. The lowest BCUT2D eigenvalue weighted by Gasteiger charge is -2.33. The molecule has 0 N–H and O–H groups in total. The van der Waals surface area contributed by atoms with Crippen molar-refractivity contribution < 1.29 is 9.47 Å². The largest absolute Gasteiger partial charge is 0.337 e. The number of rotatable bonds is 8. The molecule has 0 spiro atoms. The fourth-order valence-electron chi connectivity index (χ4n) is 1.48. The number of hydrogen-bond acceptors (Lipinski definition) is 3. The molecule has 0 aromatic carbocycles. The van der Waals surface area contributed by atoms with Crippen LogP contribution in [-0.4, -0.2) is 39.1 Å². The van der Waals surface area contributed by atoms with Crippen LogP contribution in [0.5, 0.6) is 0 Å². The van der Waals surface area contributed by atoms with Crippen LogP contribution in [0.15, 0.2) is 12.2 Å². The van der Waals surface area contributed by atoms with Gasteiger partial charge in [0.25, 0.3) is 0 Å². The molecule has 3 heteroatoms. The van der Waals surface area contributed by atoms with Gasteiger partial charge in [0.2, 0.25) is 5.91 Å². The van der Waals surface area contributed by atoms with E-state index in [4.69, 9.17) is 9.47 Å². The highest BCUT2D eigenvalue weighted by Crippen LogP contribution is 2.16. The van der Waals surface area contributed by atoms with Crippen molar-refractivity contribution in [2.45, 2.75) is 38.5 Å². The predicted molar refractivity (Wildman–Crippen MR) is 63.7 cm³/mol. The molecule has 0 heterocycles. The monoisotopic (exact) mass is 215 g/mol. The van der Waals surface area contributed by atoms with Crippen molar-refractivity contribution in [2.75, 3.05) is 28.3 Å². The van der Waals surface area contributed by atoms with Gasteiger partial charge >= 0.3 is 0 Å². The summed E-state index contributed by atoms with van der Waals surface area (Å²) in [7, 11) is 7.17. The van der Waals surface area contributed by atoms with E-state index in [1.165, 1.54) is 19.3 Å². The van der Waals surface area contributed by atoms with Crippen molar-refractivity contribution in [3.8, 4) is 0 Å². The molecule has 0 rings (SSSR count). The SMILES string of the molecule is CCCCC/C=C/C(OC)(OC)N(C)C. The number of methoxy groups -OCH3 is 2. The van der Waals surface area contributed by atoms with Crippen LogP contribution in [0.1, 0.15) is 32.6 Å². The summed E-state index contributed by atoms with van der Waals surface area (Å²) in [5, 5.41) is 0. The average molecular weight is 215 g/mol.